The molecule has 2 heterocycles. The van der Waals surface area contributed by atoms with Gasteiger partial charge in [-0.1, -0.05) is 18.2 Å². The van der Waals surface area contributed by atoms with Crippen molar-refractivity contribution in [3.05, 3.63) is 36.5 Å². The zero-order chi connectivity index (χ0) is 12.6. The maximum absolute atomic E-state index is 12.5. The maximum Gasteiger partial charge on any atom is 0.308 e. The Kier molecular flexibility index (Phi) is 2.85. The minimum Gasteiger partial charge on any atom is -0.379 e. The standard InChI is InChI=1S/C12H14N2O3S/c15-18(16,13-7-9-17-10-8-13)14-6-5-11-3-1-2-4-12(11)14/h1-6H,7-10H2. The number of ether oxygens (including phenoxy) is 1. The van der Waals surface area contributed by atoms with Crippen molar-refractivity contribution in [3.8, 4) is 0 Å². The Bertz CT molecular complexity index is 657. The van der Waals surface area contributed by atoms with Crippen LogP contribution in [0, 0.1) is 0 Å². The van der Waals surface area contributed by atoms with Crippen molar-refractivity contribution in [3.63, 3.8) is 0 Å². The molecule has 0 bridgehead atoms. The van der Waals surface area contributed by atoms with Crippen LogP contribution in [0.15, 0.2) is 36.5 Å². The third-order valence-electron chi connectivity index (χ3n) is 3.11. The van der Waals surface area contributed by atoms with E-state index < -0.39 is 10.2 Å². The highest BCUT2D eigenvalue weighted by molar-refractivity contribution is 7.87. The van der Waals surface area contributed by atoms with E-state index in [1.165, 1.54) is 8.28 Å². The van der Waals surface area contributed by atoms with Gasteiger partial charge in [0.15, 0.2) is 0 Å². The van der Waals surface area contributed by atoms with E-state index in [1.54, 1.807) is 6.20 Å². The van der Waals surface area contributed by atoms with Crippen molar-refractivity contribution in [1.82, 2.24) is 8.28 Å². The van der Waals surface area contributed by atoms with E-state index in [9.17, 15) is 8.42 Å². The maximum atomic E-state index is 12.5. The number of rotatable bonds is 2. The molecule has 1 aromatic heterocycles. The monoisotopic (exact) mass is 266 g/mol. The second-order valence-corrected chi connectivity index (χ2v) is 6.00. The average molecular weight is 266 g/mol. The molecule has 0 unspecified atom stereocenters. The Balaban J connectivity index is 2.07. The molecule has 6 heteroatoms. The van der Waals surface area contributed by atoms with Gasteiger partial charge in [0.1, 0.15) is 0 Å². The summed E-state index contributed by atoms with van der Waals surface area (Å²) in [6, 6.07) is 9.27. The Morgan fingerprint density at radius 2 is 1.78 bits per heavy atom. The van der Waals surface area contributed by atoms with Gasteiger partial charge >= 0.3 is 10.2 Å². The quantitative estimate of drug-likeness (QED) is 0.817. The fourth-order valence-electron chi connectivity index (χ4n) is 2.16. The average Bonchev–Trinajstić information content (AvgIpc) is 2.84. The highest BCUT2D eigenvalue weighted by Gasteiger charge is 2.26. The molecule has 0 radical (unpaired) electrons. The largest absolute Gasteiger partial charge is 0.379 e. The highest BCUT2D eigenvalue weighted by Crippen LogP contribution is 2.19. The molecule has 96 valence electrons. The summed E-state index contributed by atoms with van der Waals surface area (Å²) < 4.78 is 33.0. The molecule has 0 aliphatic carbocycles. The molecule has 0 spiro atoms. The predicted octanol–water partition coefficient (Wildman–Crippen LogP) is 1.07. The molecule has 1 aromatic carbocycles. The van der Waals surface area contributed by atoms with Crippen LogP contribution in [0.1, 0.15) is 0 Å². The Hall–Kier alpha value is -1.37. The van der Waals surface area contributed by atoms with Gasteiger partial charge in [0, 0.05) is 24.7 Å². The topological polar surface area (TPSA) is 51.5 Å². The normalized spacial score (nSPS) is 18.2. The lowest BCUT2D eigenvalue weighted by molar-refractivity contribution is 0.0726. The van der Waals surface area contributed by atoms with Gasteiger partial charge in [-0.2, -0.15) is 12.7 Å². The molecule has 18 heavy (non-hydrogen) atoms. The molecule has 1 aliphatic rings. The fourth-order valence-corrected chi connectivity index (χ4v) is 3.65. The second kappa shape index (κ2) is 4.38. The summed E-state index contributed by atoms with van der Waals surface area (Å²) in [6.45, 7) is 1.74. The Morgan fingerprint density at radius 3 is 2.56 bits per heavy atom. The predicted molar refractivity (Wildman–Crippen MR) is 68.6 cm³/mol. The van der Waals surface area contributed by atoms with E-state index >= 15 is 0 Å². The molecule has 0 N–H and O–H groups in total. The van der Waals surface area contributed by atoms with Gasteiger partial charge in [-0.15, -0.1) is 0 Å². The van der Waals surface area contributed by atoms with Gasteiger partial charge in [0.25, 0.3) is 0 Å². The number of benzene rings is 1. The van der Waals surface area contributed by atoms with Gasteiger partial charge < -0.3 is 4.74 Å². The molecule has 1 fully saturated rings. The van der Waals surface area contributed by atoms with E-state index in [-0.39, 0.29) is 0 Å². The summed E-state index contributed by atoms with van der Waals surface area (Å²) in [4.78, 5) is 0. The number of fused-ring (bicyclic) bond motifs is 1. The fraction of sp³-hybridized carbons (Fsp3) is 0.333. The molecule has 1 aliphatic heterocycles. The summed E-state index contributed by atoms with van der Waals surface area (Å²) in [5.41, 5.74) is 0.712. The number of aromatic nitrogens is 1. The van der Waals surface area contributed by atoms with Crippen LogP contribution in [0.2, 0.25) is 0 Å². The van der Waals surface area contributed by atoms with Gasteiger partial charge in [-0.3, -0.25) is 0 Å². The van der Waals surface area contributed by atoms with E-state index in [4.69, 9.17) is 4.74 Å². The second-order valence-electron chi connectivity index (χ2n) is 4.19. The number of para-hydroxylation sites is 1. The van der Waals surface area contributed by atoms with E-state index in [0.29, 0.717) is 31.8 Å². The molecule has 0 saturated carbocycles. The summed E-state index contributed by atoms with van der Waals surface area (Å²) in [5, 5.41) is 0.925. The first-order chi connectivity index (χ1) is 8.69. The van der Waals surface area contributed by atoms with Crippen LogP contribution in [0.4, 0.5) is 0 Å². The third-order valence-corrected chi connectivity index (χ3v) is 4.94. The molecular formula is C12H14N2O3S. The van der Waals surface area contributed by atoms with Crippen molar-refractivity contribution in [2.45, 2.75) is 0 Å². The van der Waals surface area contributed by atoms with Crippen molar-refractivity contribution >= 4 is 21.1 Å². The Morgan fingerprint density at radius 1 is 1.06 bits per heavy atom. The molecule has 3 rings (SSSR count). The van der Waals surface area contributed by atoms with Crippen LogP contribution < -0.4 is 0 Å². The van der Waals surface area contributed by atoms with Crippen LogP contribution in [0.25, 0.3) is 10.9 Å². The molecular weight excluding hydrogens is 252 g/mol. The van der Waals surface area contributed by atoms with Gasteiger partial charge in [-0.25, -0.2) is 3.97 Å². The van der Waals surface area contributed by atoms with E-state index in [0.717, 1.165) is 5.39 Å². The van der Waals surface area contributed by atoms with E-state index in [2.05, 4.69) is 0 Å². The smallest absolute Gasteiger partial charge is 0.308 e. The Labute approximate surface area is 106 Å². The minimum atomic E-state index is -3.48. The zero-order valence-corrected chi connectivity index (χ0v) is 10.6. The molecule has 1 saturated heterocycles. The molecule has 2 aromatic rings. The summed E-state index contributed by atoms with van der Waals surface area (Å²) in [6.07, 6.45) is 1.61. The first-order valence-electron chi connectivity index (χ1n) is 5.84. The van der Waals surface area contributed by atoms with Crippen molar-refractivity contribution in [2.24, 2.45) is 0 Å². The summed E-state index contributed by atoms with van der Waals surface area (Å²) in [7, 11) is -3.48. The van der Waals surface area contributed by atoms with E-state index in [1.807, 2.05) is 30.3 Å². The molecule has 5 nitrogen and oxygen atoms in total. The van der Waals surface area contributed by atoms with Crippen molar-refractivity contribution in [2.75, 3.05) is 26.3 Å². The van der Waals surface area contributed by atoms with Crippen molar-refractivity contribution < 1.29 is 13.2 Å². The number of nitrogens with zero attached hydrogens (tertiary/aromatic N) is 2. The third kappa shape index (κ3) is 1.82. The lowest BCUT2D eigenvalue weighted by Crippen LogP contribution is -2.43. The summed E-state index contributed by atoms with van der Waals surface area (Å²) in [5.74, 6) is 0. The zero-order valence-electron chi connectivity index (χ0n) is 9.82. The highest BCUT2D eigenvalue weighted by atomic mass is 32.2. The summed E-state index contributed by atoms with van der Waals surface area (Å²) >= 11 is 0. The van der Waals surface area contributed by atoms with Crippen LogP contribution in [-0.4, -0.2) is 43.0 Å². The molecule has 0 amide bonds. The minimum absolute atomic E-state index is 0.412. The molecule has 0 atom stereocenters. The number of morpholine rings is 1. The van der Waals surface area contributed by atoms with Crippen molar-refractivity contribution in [1.29, 1.82) is 0 Å². The van der Waals surface area contributed by atoms with Crippen LogP contribution in [0.5, 0.6) is 0 Å². The lowest BCUT2D eigenvalue weighted by atomic mass is 10.3. The van der Waals surface area contributed by atoms with Gasteiger partial charge in [0.2, 0.25) is 0 Å². The number of hydrogen-bond acceptors (Lipinski definition) is 3. The number of hydrogen-bond donors (Lipinski definition) is 0. The van der Waals surface area contributed by atoms with Gasteiger partial charge in [-0.05, 0) is 12.1 Å². The lowest BCUT2D eigenvalue weighted by Gasteiger charge is -2.26. The van der Waals surface area contributed by atoms with Crippen LogP contribution >= 0.6 is 0 Å². The SMILES string of the molecule is O=S(=O)(N1CCOCC1)n1ccc2ccccc21. The first kappa shape index (κ1) is 11.7. The van der Waals surface area contributed by atoms with Crippen LogP contribution in [-0.2, 0) is 14.9 Å². The van der Waals surface area contributed by atoms with Crippen LogP contribution in [0.3, 0.4) is 0 Å². The first-order valence-corrected chi connectivity index (χ1v) is 7.24. The van der Waals surface area contributed by atoms with Gasteiger partial charge in [0.05, 0.1) is 18.7 Å².